The predicted molar refractivity (Wildman–Crippen MR) is 136 cm³/mol. The van der Waals surface area contributed by atoms with Crippen LogP contribution in [-0.4, -0.2) is 49.2 Å². The lowest BCUT2D eigenvalue weighted by molar-refractivity contribution is 0.413. The molecule has 3 unspecified atom stereocenters. The second-order valence-corrected chi connectivity index (χ2v) is 11.2. The van der Waals surface area contributed by atoms with E-state index in [1.54, 1.807) is 0 Å². The van der Waals surface area contributed by atoms with Crippen molar-refractivity contribution in [2.45, 2.75) is 63.1 Å². The number of hydrogen-bond donors (Lipinski definition) is 3. The van der Waals surface area contributed by atoms with Crippen LogP contribution in [0.4, 0.5) is 0 Å². The minimum atomic E-state index is -3.27. The number of nitrogens with one attached hydrogen (secondary N) is 3. The summed E-state index contributed by atoms with van der Waals surface area (Å²) >= 11 is 0. The van der Waals surface area contributed by atoms with Crippen LogP contribution in [0.5, 0.6) is 0 Å². The molecule has 0 spiro atoms. The van der Waals surface area contributed by atoms with Crippen molar-refractivity contribution < 1.29 is 12.6 Å². The molecule has 0 heterocycles. The van der Waals surface area contributed by atoms with Crippen LogP contribution in [0, 0.1) is 0 Å². The van der Waals surface area contributed by atoms with Crippen LogP contribution in [0.3, 0.4) is 0 Å². The van der Waals surface area contributed by atoms with E-state index < -0.39 is 20.8 Å². The zero-order valence-corrected chi connectivity index (χ0v) is 22.0. The van der Waals surface area contributed by atoms with Gasteiger partial charge in [-0.3, -0.25) is 4.21 Å². The van der Waals surface area contributed by atoms with Gasteiger partial charge in [-0.15, -0.1) is 24.0 Å². The summed E-state index contributed by atoms with van der Waals surface area (Å²) in [5.74, 6) is 1.46. The summed E-state index contributed by atoms with van der Waals surface area (Å²) in [6.07, 6.45) is 4.11. The average molecular weight is 571 g/mol. The van der Waals surface area contributed by atoms with E-state index in [0.717, 1.165) is 55.1 Å². The van der Waals surface area contributed by atoms with Crippen molar-refractivity contribution in [1.82, 2.24) is 15.4 Å². The van der Waals surface area contributed by atoms with Crippen molar-refractivity contribution in [2.75, 3.05) is 19.3 Å². The molecule has 2 rings (SSSR count). The SMILES string of the molecule is CCNC(=NCc1ccc(CS(=O)(=O)NC)cc1)NC1CCCC(S(=O)CC)C1.I. The lowest BCUT2D eigenvalue weighted by Crippen LogP contribution is -2.46. The summed E-state index contributed by atoms with van der Waals surface area (Å²) < 4.78 is 37.8. The predicted octanol–water partition coefficient (Wildman–Crippen LogP) is 2.49. The molecule has 0 saturated heterocycles. The van der Waals surface area contributed by atoms with Gasteiger partial charge in [0.05, 0.1) is 12.3 Å². The van der Waals surface area contributed by atoms with E-state index in [0.29, 0.717) is 6.54 Å². The minimum absolute atomic E-state index is 0. The van der Waals surface area contributed by atoms with Gasteiger partial charge in [0.25, 0.3) is 0 Å². The lowest BCUT2D eigenvalue weighted by atomic mass is 9.95. The van der Waals surface area contributed by atoms with Crippen molar-refractivity contribution >= 4 is 50.8 Å². The standard InChI is InChI=1S/C20H34N4O3S2.HI/c1-4-22-20(24-18-7-6-8-19(13-18)28(25)5-2)23-14-16-9-11-17(12-10-16)15-29(26,27)21-3;/h9-12,18-19,21H,4-8,13-15H2,1-3H3,(H2,22,23,24);1H. The Morgan fingerprint density at radius 1 is 1.17 bits per heavy atom. The molecule has 3 atom stereocenters. The molecule has 172 valence electrons. The van der Waals surface area contributed by atoms with Gasteiger partial charge in [0, 0.05) is 34.4 Å². The van der Waals surface area contributed by atoms with Crippen LogP contribution in [0.25, 0.3) is 0 Å². The second kappa shape index (κ2) is 13.6. The van der Waals surface area contributed by atoms with E-state index in [-0.39, 0.29) is 41.0 Å². The molecule has 1 saturated carbocycles. The maximum absolute atomic E-state index is 12.2. The van der Waals surface area contributed by atoms with Crippen LogP contribution < -0.4 is 15.4 Å². The van der Waals surface area contributed by atoms with Crippen molar-refractivity contribution in [2.24, 2.45) is 4.99 Å². The minimum Gasteiger partial charge on any atom is -0.357 e. The largest absolute Gasteiger partial charge is 0.357 e. The molecule has 1 aromatic rings. The first-order chi connectivity index (χ1) is 13.9. The van der Waals surface area contributed by atoms with Gasteiger partial charge >= 0.3 is 0 Å². The fraction of sp³-hybridized carbons (Fsp3) is 0.650. The molecule has 3 N–H and O–H groups in total. The molecule has 7 nitrogen and oxygen atoms in total. The smallest absolute Gasteiger partial charge is 0.215 e. The third-order valence-corrected chi connectivity index (χ3v) is 8.15. The van der Waals surface area contributed by atoms with Crippen LogP contribution >= 0.6 is 24.0 Å². The van der Waals surface area contributed by atoms with Gasteiger partial charge in [-0.1, -0.05) is 37.6 Å². The van der Waals surface area contributed by atoms with Crippen molar-refractivity contribution in [1.29, 1.82) is 0 Å². The van der Waals surface area contributed by atoms with E-state index in [1.165, 1.54) is 7.05 Å². The molecule has 1 aliphatic carbocycles. The maximum atomic E-state index is 12.2. The summed E-state index contributed by atoms with van der Waals surface area (Å²) in [6.45, 7) is 5.29. The normalized spacial score (nSPS) is 20.8. The molecule has 10 heteroatoms. The highest BCUT2D eigenvalue weighted by atomic mass is 127. The fourth-order valence-corrected chi connectivity index (χ4v) is 5.59. The van der Waals surface area contributed by atoms with Gasteiger partial charge < -0.3 is 10.6 Å². The summed E-state index contributed by atoms with van der Waals surface area (Å²) in [7, 11) is -2.59. The van der Waals surface area contributed by atoms with Gasteiger partial charge in [-0.25, -0.2) is 18.1 Å². The van der Waals surface area contributed by atoms with E-state index in [4.69, 9.17) is 0 Å². The van der Waals surface area contributed by atoms with E-state index in [1.807, 2.05) is 38.1 Å². The Kier molecular flexibility index (Phi) is 12.4. The molecule has 1 aromatic carbocycles. The van der Waals surface area contributed by atoms with Gasteiger partial charge in [0.1, 0.15) is 0 Å². The third-order valence-electron chi connectivity index (χ3n) is 5.08. The highest BCUT2D eigenvalue weighted by Crippen LogP contribution is 2.23. The number of aliphatic imine (C=N–C) groups is 1. The first-order valence-corrected chi connectivity index (χ1v) is 13.3. The van der Waals surface area contributed by atoms with Gasteiger partial charge in [-0.05, 0) is 44.4 Å². The zero-order valence-electron chi connectivity index (χ0n) is 18.0. The molecule has 30 heavy (non-hydrogen) atoms. The molecule has 0 bridgehead atoms. The topological polar surface area (TPSA) is 99.7 Å². The molecule has 0 aliphatic heterocycles. The molecular formula is C20H35IN4O3S2. The first-order valence-electron chi connectivity index (χ1n) is 10.3. The van der Waals surface area contributed by atoms with Crippen molar-refractivity contribution in [3.63, 3.8) is 0 Å². The molecule has 0 radical (unpaired) electrons. The molecular weight excluding hydrogens is 535 g/mol. The Morgan fingerprint density at radius 2 is 1.83 bits per heavy atom. The van der Waals surface area contributed by atoms with Gasteiger partial charge in [0.2, 0.25) is 10.0 Å². The second-order valence-electron chi connectivity index (χ2n) is 7.27. The van der Waals surface area contributed by atoms with Crippen molar-refractivity contribution in [3.8, 4) is 0 Å². The quantitative estimate of drug-likeness (QED) is 0.241. The zero-order chi connectivity index (χ0) is 21.3. The number of nitrogens with zero attached hydrogens (tertiary/aromatic N) is 1. The van der Waals surface area contributed by atoms with E-state index in [9.17, 15) is 12.6 Å². The number of rotatable bonds is 9. The number of benzene rings is 1. The average Bonchev–Trinajstić information content (AvgIpc) is 2.72. The molecule has 0 amide bonds. The number of halogens is 1. The van der Waals surface area contributed by atoms with E-state index >= 15 is 0 Å². The van der Waals surface area contributed by atoms with Crippen LogP contribution in [0.1, 0.15) is 50.7 Å². The Hall–Kier alpha value is -0.720. The summed E-state index contributed by atoms with van der Waals surface area (Å²) in [5, 5.41) is 7.06. The monoisotopic (exact) mass is 570 g/mol. The molecule has 1 aliphatic rings. The van der Waals surface area contributed by atoms with E-state index in [2.05, 4.69) is 20.3 Å². The Balaban J connectivity index is 0.00000450. The Labute approximate surface area is 200 Å². The number of hydrogen-bond acceptors (Lipinski definition) is 4. The Bertz CT molecular complexity index is 801. The highest BCUT2D eigenvalue weighted by molar-refractivity contribution is 14.0. The highest BCUT2D eigenvalue weighted by Gasteiger charge is 2.26. The summed E-state index contributed by atoms with van der Waals surface area (Å²) in [6, 6.07) is 7.76. The molecule has 0 aromatic heterocycles. The van der Waals surface area contributed by atoms with Crippen LogP contribution in [0.15, 0.2) is 29.3 Å². The van der Waals surface area contributed by atoms with Crippen molar-refractivity contribution in [3.05, 3.63) is 35.4 Å². The van der Waals surface area contributed by atoms with Gasteiger partial charge in [-0.2, -0.15) is 0 Å². The number of sulfonamides is 1. The molecule has 1 fully saturated rings. The first kappa shape index (κ1) is 27.3. The van der Waals surface area contributed by atoms with Crippen LogP contribution in [0.2, 0.25) is 0 Å². The lowest BCUT2D eigenvalue weighted by Gasteiger charge is -2.30. The fourth-order valence-electron chi connectivity index (χ4n) is 3.47. The summed E-state index contributed by atoms with van der Waals surface area (Å²) in [5.41, 5.74) is 1.76. The third kappa shape index (κ3) is 9.19. The number of guanidine groups is 1. The van der Waals surface area contributed by atoms with Gasteiger partial charge in [0.15, 0.2) is 5.96 Å². The maximum Gasteiger partial charge on any atom is 0.215 e. The Morgan fingerprint density at radius 3 is 2.43 bits per heavy atom. The summed E-state index contributed by atoms with van der Waals surface area (Å²) in [4.78, 5) is 4.68. The van der Waals surface area contributed by atoms with Crippen LogP contribution in [-0.2, 0) is 33.1 Å².